The fourth-order valence-electron chi connectivity index (χ4n) is 1.27. The van der Waals surface area contributed by atoms with Crippen molar-refractivity contribution in [1.82, 2.24) is 5.32 Å². The maximum Gasteiger partial charge on any atom is 0.235 e. The molecule has 0 fully saturated rings. The molecule has 0 saturated heterocycles. The van der Waals surface area contributed by atoms with Crippen molar-refractivity contribution >= 4 is 17.5 Å². The molecule has 0 aliphatic rings. The lowest BCUT2D eigenvalue weighted by Crippen LogP contribution is -2.27. The number of amides is 1. The van der Waals surface area contributed by atoms with Crippen molar-refractivity contribution in [3.63, 3.8) is 0 Å². The number of halogens is 1. The predicted molar refractivity (Wildman–Crippen MR) is 60.3 cm³/mol. The summed E-state index contributed by atoms with van der Waals surface area (Å²) in [5.41, 5.74) is 0.993. The number of carbonyl (C=O) groups excluding carboxylic acids is 1. The second-order valence-corrected chi connectivity index (χ2v) is 3.47. The van der Waals surface area contributed by atoms with Gasteiger partial charge in [-0.1, -0.05) is 12.1 Å². The summed E-state index contributed by atoms with van der Waals surface area (Å²) in [4.78, 5) is 11.1. The molecule has 1 amide bonds. The molecule has 1 rings (SSSR count). The largest absolute Gasteiger partial charge is 0.497 e. The number of methoxy groups -OCH3 is 1. The average Bonchev–Trinajstić information content (AvgIpc) is 2.28. The first-order valence-electron chi connectivity index (χ1n) is 4.66. The molecule has 1 aromatic rings. The maximum atomic E-state index is 11.1. The van der Waals surface area contributed by atoms with Crippen molar-refractivity contribution in [3.05, 3.63) is 29.8 Å². The molecule has 15 heavy (non-hydrogen) atoms. The Hall–Kier alpha value is -1.22. The fourth-order valence-corrected chi connectivity index (χ4v) is 1.35. The second-order valence-electron chi connectivity index (χ2n) is 3.20. The molecule has 82 valence electrons. The number of alkyl halides is 1. The van der Waals surface area contributed by atoms with Crippen molar-refractivity contribution in [2.24, 2.45) is 0 Å². The Kier molecular flexibility index (Phi) is 4.43. The highest BCUT2D eigenvalue weighted by molar-refractivity contribution is 6.27. The third-order valence-electron chi connectivity index (χ3n) is 2.09. The molecule has 3 nitrogen and oxygen atoms in total. The van der Waals surface area contributed by atoms with Crippen molar-refractivity contribution in [2.75, 3.05) is 13.0 Å². The summed E-state index contributed by atoms with van der Waals surface area (Å²) in [7, 11) is 1.61. The highest BCUT2D eigenvalue weighted by Crippen LogP contribution is 2.18. The van der Waals surface area contributed by atoms with Crippen molar-refractivity contribution in [3.8, 4) is 5.75 Å². The van der Waals surface area contributed by atoms with Crippen LogP contribution in [0.3, 0.4) is 0 Å². The molecule has 0 aliphatic carbocycles. The van der Waals surface area contributed by atoms with Crippen LogP contribution >= 0.6 is 11.6 Å². The number of hydrogen-bond acceptors (Lipinski definition) is 2. The van der Waals surface area contributed by atoms with Gasteiger partial charge in [-0.15, -0.1) is 11.6 Å². The van der Waals surface area contributed by atoms with Gasteiger partial charge in [-0.2, -0.15) is 0 Å². The number of rotatable bonds is 4. The van der Waals surface area contributed by atoms with Gasteiger partial charge in [0.05, 0.1) is 13.2 Å². The molecule has 0 radical (unpaired) electrons. The van der Waals surface area contributed by atoms with Gasteiger partial charge in [-0.3, -0.25) is 4.79 Å². The lowest BCUT2D eigenvalue weighted by atomic mass is 10.1. The van der Waals surface area contributed by atoms with E-state index < -0.39 is 0 Å². The van der Waals surface area contributed by atoms with Gasteiger partial charge in [-0.05, 0) is 24.6 Å². The van der Waals surface area contributed by atoms with E-state index in [9.17, 15) is 4.79 Å². The third kappa shape index (κ3) is 3.44. The van der Waals surface area contributed by atoms with Gasteiger partial charge < -0.3 is 10.1 Å². The van der Waals surface area contributed by atoms with Gasteiger partial charge in [0.2, 0.25) is 5.91 Å². The molecule has 1 N–H and O–H groups in total. The first-order chi connectivity index (χ1) is 7.17. The summed E-state index contributed by atoms with van der Waals surface area (Å²) < 4.78 is 5.10. The highest BCUT2D eigenvalue weighted by atomic mass is 35.5. The topological polar surface area (TPSA) is 38.3 Å². The lowest BCUT2D eigenvalue weighted by molar-refractivity contribution is -0.119. The summed E-state index contributed by atoms with van der Waals surface area (Å²) in [6.45, 7) is 1.90. The SMILES string of the molecule is COc1cccc([C@H](C)NC(=O)CCl)c1. The molecule has 0 heterocycles. The average molecular weight is 228 g/mol. The molecule has 1 aromatic carbocycles. The Labute approximate surface area is 94.4 Å². The number of carbonyl (C=O) groups is 1. The summed E-state index contributed by atoms with van der Waals surface area (Å²) in [5.74, 6) is 0.584. The Balaban J connectivity index is 2.72. The normalized spacial score (nSPS) is 11.9. The van der Waals surface area contributed by atoms with Crippen LogP contribution in [0.15, 0.2) is 24.3 Å². The lowest BCUT2D eigenvalue weighted by Gasteiger charge is -2.14. The second kappa shape index (κ2) is 5.61. The van der Waals surface area contributed by atoms with Gasteiger partial charge in [0.15, 0.2) is 0 Å². The van der Waals surface area contributed by atoms with Crippen LogP contribution in [0.2, 0.25) is 0 Å². The van der Waals surface area contributed by atoms with Gasteiger partial charge >= 0.3 is 0 Å². The minimum absolute atomic E-state index is 0.0195. The first-order valence-corrected chi connectivity index (χ1v) is 5.20. The van der Waals surface area contributed by atoms with Gasteiger partial charge in [-0.25, -0.2) is 0 Å². The van der Waals surface area contributed by atoms with Crippen LogP contribution in [-0.2, 0) is 4.79 Å². The Bertz CT molecular complexity index is 341. The van der Waals surface area contributed by atoms with Crippen LogP contribution < -0.4 is 10.1 Å². The van der Waals surface area contributed by atoms with Crippen molar-refractivity contribution in [1.29, 1.82) is 0 Å². The molecule has 0 bridgehead atoms. The maximum absolute atomic E-state index is 11.1. The quantitative estimate of drug-likeness (QED) is 0.801. The zero-order valence-electron chi connectivity index (χ0n) is 8.79. The third-order valence-corrected chi connectivity index (χ3v) is 2.34. The molecular weight excluding hydrogens is 214 g/mol. The smallest absolute Gasteiger partial charge is 0.235 e. The van der Waals surface area contributed by atoms with E-state index in [1.807, 2.05) is 31.2 Å². The number of benzene rings is 1. The van der Waals surface area contributed by atoms with E-state index in [-0.39, 0.29) is 17.8 Å². The minimum atomic E-state index is -0.174. The molecule has 0 aromatic heterocycles. The predicted octanol–water partition coefficient (Wildman–Crippen LogP) is 2.11. The summed E-state index contributed by atoms with van der Waals surface area (Å²) in [5, 5.41) is 2.77. The van der Waals surface area contributed by atoms with Crippen LogP contribution in [0.5, 0.6) is 5.75 Å². The van der Waals surface area contributed by atoms with E-state index in [0.29, 0.717) is 0 Å². The molecule has 4 heteroatoms. The van der Waals surface area contributed by atoms with E-state index in [2.05, 4.69) is 5.32 Å². The Morgan fingerprint density at radius 1 is 1.60 bits per heavy atom. The zero-order chi connectivity index (χ0) is 11.3. The zero-order valence-corrected chi connectivity index (χ0v) is 9.54. The molecule has 0 aliphatic heterocycles. The van der Waals surface area contributed by atoms with Gasteiger partial charge in [0.25, 0.3) is 0 Å². The number of hydrogen-bond donors (Lipinski definition) is 1. The molecule has 0 unspecified atom stereocenters. The first kappa shape index (κ1) is 11.9. The van der Waals surface area contributed by atoms with E-state index in [1.54, 1.807) is 7.11 Å². The number of nitrogens with one attached hydrogen (secondary N) is 1. The van der Waals surface area contributed by atoms with Gasteiger partial charge in [0, 0.05) is 0 Å². The highest BCUT2D eigenvalue weighted by Gasteiger charge is 2.08. The van der Waals surface area contributed by atoms with Crippen LogP contribution in [0.4, 0.5) is 0 Å². The standard InChI is InChI=1S/C11H14ClNO2/c1-8(13-11(14)7-12)9-4-3-5-10(6-9)15-2/h3-6,8H,7H2,1-2H3,(H,13,14)/t8-/m0/s1. The molecule has 1 atom stereocenters. The Morgan fingerprint density at radius 3 is 2.93 bits per heavy atom. The minimum Gasteiger partial charge on any atom is -0.497 e. The van der Waals surface area contributed by atoms with E-state index >= 15 is 0 Å². The van der Waals surface area contributed by atoms with E-state index in [0.717, 1.165) is 11.3 Å². The van der Waals surface area contributed by atoms with E-state index in [4.69, 9.17) is 16.3 Å². The number of ether oxygens (including phenoxy) is 1. The van der Waals surface area contributed by atoms with Crippen molar-refractivity contribution < 1.29 is 9.53 Å². The Morgan fingerprint density at radius 2 is 2.33 bits per heavy atom. The molecule has 0 saturated carbocycles. The molecular formula is C11H14ClNO2. The van der Waals surface area contributed by atoms with E-state index in [1.165, 1.54) is 0 Å². The van der Waals surface area contributed by atoms with Gasteiger partial charge in [0.1, 0.15) is 11.6 Å². The van der Waals surface area contributed by atoms with Crippen LogP contribution in [0, 0.1) is 0 Å². The summed E-state index contributed by atoms with van der Waals surface area (Å²) in [6, 6.07) is 7.50. The van der Waals surface area contributed by atoms with Crippen LogP contribution in [0.25, 0.3) is 0 Å². The monoisotopic (exact) mass is 227 g/mol. The summed E-state index contributed by atoms with van der Waals surface area (Å²) >= 11 is 5.41. The van der Waals surface area contributed by atoms with Crippen molar-refractivity contribution in [2.45, 2.75) is 13.0 Å². The summed E-state index contributed by atoms with van der Waals surface area (Å²) in [6.07, 6.45) is 0. The van der Waals surface area contributed by atoms with Crippen LogP contribution in [-0.4, -0.2) is 18.9 Å². The van der Waals surface area contributed by atoms with Crippen LogP contribution in [0.1, 0.15) is 18.5 Å². The molecule has 0 spiro atoms. The fraction of sp³-hybridized carbons (Fsp3) is 0.364.